The molecule has 0 unspecified atom stereocenters. The number of carboxylic acid groups (broad SMARTS) is 1. The summed E-state index contributed by atoms with van der Waals surface area (Å²) in [6.07, 6.45) is 7.25. The van der Waals surface area contributed by atoms with Gasteiger partial charge in [0, 0.05) is 6.42 Å². The zero-order chi connectivity index (χ0) is 7.98. The Labute approximate surface area is 60.6 Å². The topological polar surface area (TPSA) is 37.3 Å². The van der Waals surface area contributed by atoms with Crippen LogP contribution in [0.15, 0.2) is 11.6 Å². The number of allylic oxidation sites excluding steroid dienone is 2. The fraction of sp³-hybridized carbons (Fsp3) is 0.375. The van der Waals surface area contributed by atoms with Crippen molar-refractivity contribution in [2.24, 2.45) is 0 Å². The van der Waals surface area contributed by atoms with Crippen LogP contribution in [0.2, 0.25) is 0 Å². The lowest BCUT2D eigenvalue weighted by Crippen LogP contribution is -1.93. The average molecular weight is 138 g/mol. The lowest BCUT2D eigenvalue weighted by atomic mass is 10.1. The average Bonchev–Trinajstić information content (AvgIpc) is 1.85. The Bertz CT molecular complexity index is 184. The molecule has 54 valence electrons. The Morgan fingerprint density at radius 1 is 1.70 bits per heavy atom. The van der Waals surface area contributed by atoms with Crippen molar-refractivity contribution in [3.05, 3.63) is 11.6 Å². The molecule has 0 aliphatic carbocycles. The third-order valence-corrected chi connectivity index (χ3v) is 1.06. The molecule has 0 radical (unpaired) electrons. The van der Waals surface area contributed by atoms with Gasteiger partial charge in [-0.05, 0) is 19.4 Å². The summed E-state index contributed by atoms with van der Waals surface area (Å²) in [5.74, 6) is 1.55. The summed E-state index contributed by atoms with van der Waals surface area (Å²) in [6, 6.07) is 0. The lowest BCUT2D eigenvalue weighted by molar-refractivity contribution is -0.136. The van der Waals surface area contributed by atoms with Crippen LogP contribution in [0.3, 0.4) is 0 Å². The molecule has 0 aromatic rings. The normalized spacial score (nSPS) is 10.6. The number of terminal acetylenes is 1. The summed E-state index contributed by atoms with van der Waals surface area (Å²) in [7, 11) is 0. The highest BCUT2D eigenvalue weighted by Gasteiger charge is 1.95. The maximum Gasteiger partial charge on any atom is 0.303 e. The van der Waals surface area contributed by atoms with Gasteiger partial charge < -0.3 is 5.11 Å². The van der Waals surface area contributed by atoms with Crippen LogP contribution in [0.1, 0.15) is 19.8 Å². The van der Waals surface area contributed by atoms with E-state index in [1.807, 2.05) is 6.92 Å². The first-order valence-corrected chi connectivity index (χ1v) is 3.00. The van der Waals surface area contributed by atoms with Gasteiger partial charge in [0.05, 0.1) is 0 Å². The molecule has 0 aliphatic heterocycles. The number of carboxylic acids is 1. The zero-order valence-corrected chi connectivity index (χ0v) is 5.92. The van der Waals surface area contributed by atoms with Crippen LogP contribution in [0.25, 0.3) is 0 Å². The molecule has 0 aromatic heterocycles. The van der Waals surface area contributed by atoms with E-state index >= 15 is 0 Å². The fourth-order valence-corrected chi connectivity index (χ4v) is 0.519. The molecule has 0 aromatic carbocycles. The minimum Gasteiger partial charge on any atom is -0.481 e. The quantitative estimate of drug-likeness (QED) is 0.599. The van der Waals surface area contributed by atoms with Crippen LogP contribution in [0.5, 0.6) is 0 Å². The standard InChI is InChI=1S/C8H10O2/c1-3-4-7(2)5-6-8(9)10/h1,4H,5-6H2,2H3,(H,9,10)/b7-4+. The molecule has 0 saturated heterocycles. The van der Waals surface area contributed by atoms with Crippen LogP contribution in [-0.2, 0) is 4.79 Å². The molecule has 0 fully saturated rings. The lowest BCUT2D eigenvalue weighted by Gasteiger charge is -1.93. The molecule has 10 heavy (non-hydrogen) atoms. The Morgan fingerprint density at radius 2 is 2.30 bits per heavy atom. The minimum absolute atomic E-state index is 0.157. The Kier molecular flexibility index (Phi) is 4.06. The van der Waals surface area contributed by atoms with Gasteiger partial charge in [-0.2, -0.15) is 0 Å². The van der Waals surface area contributed by atoms with E-state index in [2.05, 4.69) is 5.92 Å². The number of hydrogen-bond acceptors (Lipinski definition) is 1. The molecule has 0 rings (SSSR count). The van der Waals surface area contributed by atoms with E-state index in [-0.39, 0.29) is 6.42 Å². The van der Waals surface area contributed by atoms with Crippen molar-refractivity contribution in [3.8, 4) is 12.3 Å². The summed E-state index contributed by atoms with van der Waals surface area (Å²) >= 11 is 0. The Balaban J connectivity index is 3.62. The van der Waals surface area contributed by atoms with E-state index in [1.54, 1.807) is 6.08 Å². The van der Waals surface area contributed by atoms with Gasteiger partial charge >= 0.3 is 5.97 Å². The Morgan fingerprint density at radius 3 is 2.70 bits per heavy atom. The molecule has 0 spiro atoms. The predicted molar refractivity (Wildman–Crippen MR) is 39.5 cm³/mol. The van der Waals surface area contributed by atoms with Crippen molar-refractivity contribution < 1.29 is 9.90 Å². The molecular weight excluding hydrogens is 128 g/mol. The molecule has 0 aliphatic rings. The van der Waals surface area contributed by atoms with E-state index in [4.69, 9.17) is 11.5 Å². The van der Waals surface area contributed by atoms with Gasteiger partial charge in [0.25, 0.3) is 0 Å². The number of carbonyl (C=O) groups is 1. The number of rotatable bonds is 3. The monoisotopic (exact) mass is 138 g/mol. The minimum atomic E-state index is -0.787. The van der Waals surface area contributed by atoms with E-state index in [0.717, 1.165) is 5.57 Å². The van der Waals surface area contributed by atoms with Gasteiger partial charge in [-0.25, -0.2) is 0 Å². The number of aliphatic carboxylic acids is 1. The van der Waals surface area contributed by atoms with E-state index in [9.17, 15) is 4.79 Å². The molecule has 0 heterocycles. The first-order chi connectivity index (χ1) is 4.66. The van der Waals surface area contributed by atoms with E-state index in [1.165, 1.54) is 0 Å². The van der Waals surface area contributed by atoms with Crippen molar-refractivity contribution in [1.29, 1.82) is 0 Å². The first-order valence-electron chi connectivity index (χ1n) is 3.00. The van der Waals surface area contributed by atoms with Crippen molar-refractivity contribution in [2.75, 3.05) is 0 Å². The van der Waals surface area contributed by atoms with Crippen LogP contribution < -0.4 is 0 Å². The molecule has 0 atom stereocenters. The van der Waals surface area contributed by atoms with Gasteiger partial charge in [0.15, 0.2) is 0 Å². The summed E-state index contributed by atoms with van der Waals surface area (Å²) in [5.41, 5.74) is 0.935. The second-order valence-electron chi connectivity index (χ2n) is 2.05. The van der Waals surface area contributed by atoms with E-state index < -0.39 is 5.97 Å². The molecule has 2 heteroatoms. The maximum atomic E-state index is 10.0. The van der Waals surface area contributed by atoms with Gasteiger partial charge in [-0.15, -0.1) is 6.42 Å². The van der Waals surface area contributed by atoms with E-state index in [0.29, 0.717) is 6.42 Å². The molecular formula is C8H10O2. The second kappa shape index (κ2) is 4.63. The summed E-state index contributed by atoms with van der Waals surface area (Å²) < 4.78 is 0. The molecule has 0 saturated carbocycles. The van der Waals surface area contributed by atoms with Crippen molar-refractivity contribution in [2.45, 2.75) is 19.8 Å². The maximum absolute atomic E-state index is 10.0. The molecule has 0 amide bonds. The third-order valence-electron chi connectivity index (χ3n) is 1.06. The Hall–Kier alpha value is -1.23. The largest absolute Gasteiger partial charge is 0.481 e. The van der Waals surface area contributed by atoms with Crippen LogP contribution >= 0.6 is 0 Å². The highest BCUT2D eigenvalue weighted by Crippen LogP contribution is 2.01. The van der Waals surface area contributed by atoms with Crippen molar-refractivity contribution in [3.63, 3.8) is 0 Å². The highest BCUT2D eigenvalue weighted by atomic mass is 16.4. The number of hydrogen-bond donors (Lipinski definition) is 1. The van der Waals surface area contributed by atoms with Crippen LogP contribution in [0.4, 0.5) is 0 Å². The second-order valence-corrected chi connectivity index (χ2v) is 2.05. The summed E-state index contributed by atoms with van der Waals surface area (Å²) in [4.78, 5) is 10.0. The smallest absolute Gasteiger partial charge is 0.303 e. The van der Waals surface area contributed by atoms with Gasteiger partial charge in [0.1, 0.15) is 0 Å². The molecule has 2 nitrogen and oxygen atoms in total. The third kappa shape index (κ3) is 4.92. The molecule has 1 N–H and O–H groups in total. The van der Waals surface area contributed by atoms with Gasteiger partial charge in [-0.1, -0.05) is 11.5 Å². The fourth-order valence-electron chi connectivity index (χ4n) is 0.519. The predicted octanol–water partition coefficient (Wildman–Crippen LogP) is 1.43. The van der Waals surface area contributed by atoms with Crippen molar-refractivity contribution >= 4 is 5.97 Å². The van der Waals surface area contributed by atoms with Crippen molar-refractivity contribution in [1.82, 2.24) is 0 Å². The molecule has 0 bridgehead atoms. The van der Waals surface area contributed by atoms with Crippen LogP contribution in [0, 0.1) is 12.3 Å². The zero-order valence-electron chi connectivity index (χ0n) is 5.92. The summed E-state index contributed by atoms with van der Waals surface area (Å²) in [6.45, 7) is 1.82. The summed E-state index contributed by atoms with van der Waals surface area (Å²) in [5, 5.41) is 8.25. The first kappa shape index (κ1) is 8.77. The van der Waals surface area contributed by atoms with Crippen LogP contribution in [-0.4, -0.2) is 11.1 Å². The van der Waals surface area contributed by atoms with Gasteiger partial charge in [0.2, 0.25) is 0 Å². The highest BCUT2D eigenvalue weighted by molar-refractivity contribution is 5.67. The van der Waals surface area contributed by atoms with Gasteiger partial charge in [-0.3, -0.25) is 4.79 Å². The SMILES string of the molecule is C#C/C=C(\C)CCC(=O)O.